The van der Waals surface area contributed by atoms with Crippen LogP contribution in [0.25, 0.3) is 22.5 Å². The summed E-state index contributed by atoms with van der Waals surface area (Å²) in [7, 11) is 0. The number of fused-ring (bicyclic) bond motifs is 4. The highest BCUT2D eigenvalue weighted by molar-refractivity contribution is 5.84. The third kappa shape index (κ3) is 3.25. The number of pyridine rings is 2. The first-order valence-corrected chi connectivity index (χ1v) is 13.4. The van der Waals surface area contributed by atoms with Crippen molar-refractivity contribution in [1.82, 2.24) is 9.97 Å². The lowest BCUT2D eigenvalue weighted by Gasteiger charge is -2.33. The van der Waals surface area contributed by atoms with Gasteiger partial charge in [0, 0.05) is 23.5 Å². The first-order valence-electron chi connectivity index (χ1n) is 13.4. The highest BCUT2D eigenvalue weighted by Crippen LogP contribution is 2.55. The summed E-state index contributed by atoms with van der Waals surface area (Å²) in [6.07, 6.45) is 8.92. The smallest absolute Gasteiger partial charge is 0.0937 e. The van der Waals surface area contributed by atoms with Crippen molar-refractivity contribution in [2.45, 2.75) is 44.9 Å². The van der Waals surface area contributed by atoms with Crippen molar-refractivity contribution in [3.05, 3.63) is 142 Å². The Morgan fingerprint density at radius 2 is 1.22 bits per heavy atom. The third-order valence-corrected chi connectivity index (χ3v) is 8.44. The van der Waals surface area contributed by atoms with E-state index in [1.54, 1.807) is 5.56 Å². The Morgan fingerprint density at radius 3 is 1.89 bits per heavy atom. The molecule has 0 bridgehead atoms. The maximum atomic E-state index is 5.16. The molecule has 0 N–H and O–H groups in total. The molecule has 37 heavy (non-hydrogen) atoms. The van der Waals surface area contributed by atoms with Crippen LogP contribution in [0, 0.1) is 13.8 Å². The van der Waals surface area contributed by atoms with E-state index in [0.717, 1.165) is 23.4 Å². The van der Waals surface area contributed by atoms with Crippen LogP contribution in [-0.2, 0) is 18.3 Å². The minimum absolute atomic E-state index is 0.472. The summed E-state index contributed by atoms with van der Waals surface area (Å²) in [6.45, 7) is 4.39. The van der Waals surface area contributed by atoms with Gasteiger partial charge < -0.3 is 0 Å². The molecule has 180 valence electrons. The molecule has 0 spiro atoms. The number of rotatable bonds is 3. The number of hydrogen-bond donors (Lipinski definition) is 0. The van der Waals surface area contributed by atoms with E-state index in [9.17, 15) is 0 Å². The van der Waals surface area contributed by atoms with Crippen LogP contribution in [0.4, 0.5) is 0 Å². The fourth-order valence-corrected chi connectivity index (χ4v) is 6.76. The zero-order valence-corrected chi connectivity index (χ0v) is 21.5. The van der Waals surface area contributed by atoms with Crippen molar-refractivity contribution < 1.29 is 0 Å². The van der Waals surface area contributed by atoms with Gasteiger partial charge in [-0.25, -0.2) is 0 Å². The lowest BCUT2D eigenvalue weighted by atomic mass is 9.67. The summed E-state index contributed by atoms with van der Waals surface area (Å²) in [6, 6.07) is 31.2. The zero-order valence-electron chi connectivity index (χ0n) is 21.5. The van der Waals surface area contributed by atoms with Gasteiger partial charge >= 0.3 is 0 Å². The molecule has 0 fully saturated rings. The Kier molecular flexibility index (Phi) is 5.11. The summed E-state index contributed by atoms with van der Waals surface area (Å²) in [5.41, 5.74) is 14.6. The quantitative estimate of drug-likeness (QED) is 0.257. The molecule has 0 saturated heterocycles. The van der Waals surface area contributed by atoms with Crippen molar-refractivity contribution in [1.29, 1.82) is 0 Å². The molecular weight excluding hydrogens is 448 g/mol. The normalized spacial score (nSPS) is 15.1. The molecule has 7 rings (SSSR count). The van der Waals surface area contributed by atoms with Gasteiger partial charge in [0.2, 0.25) is 0 Å². The highest BCUT2D eigenvalue weighted by atomic mass is 14.8. The van der Waals surface area contributed by atoms with E-state index in [0.29, 0.717) is 0 Å². The second-order valence-corrected chi connectivity index (χ2v) is 10.6. The highest BCUT2D eigenvalue weighted by Gasteiger charge is 2.48. The summed E-state index contributed by atoms with van der Waals surface area (Å²) in [4.78, 5) is 10.1. The largest absolute Gasteiger partial charge is 0.254 e. The summed E-state index contributed by atoms with van der Waals surface area (Å²) in [5, 5.41) is 0. The van der Waals surface area contributed by atoms with Crippen LogP contribution in [0.1, 0.15) is 57.3 Å². The Labute approximate surface area is 219 Å². The van der Waals surface area contributed by atoms with Crippen LogP contribution in [0.15, 0.2) is 97.3 Å². The van der Waals surface area contributed by atoms with Gasteiger partial charge in [0.15, 0.2) is 0 Å². The van der Waals surface area contributed by atoms with Crippen molar-refractivity contribution >= 4 is 0 Å². The van der Waals surface area contributed by atoms with Gasteiger partial charge in [-0.1, -0.05) is 78.9 Å². The van der Waals surface area contributed by atoms with Gasteiger partial charge in [-0.2, -0.15) is 0 Å². The zero-order chi connectivity index (χ0) is 25.0. The minimum Gasteiger partial charge on any atom is -0.254 e. The second-order valence-electron chi connectivity index (χ2n) is 10.6. The first kappa shape index (κ1) is 22.2. The molecule has 0 atom stereocenters. The Hall–Kier alpha value is -4.04. The Morgan fingerprint density at radius 1 is 0.622 bits per heavy atom. The van der Waals surface area contributed by atoms with E-state index in [1.807, 2.05) is 6.20 Å². The number of aromatic nitrogens is 2. The molecule has 3 aromatic carbocycles. The topological polar surface area (TPSA) is 25.8 Å². The van der Waals surface area contributed by atoms with Crippen molar-refractivity contribution in [3.63, 3.8) is 0 Å². The number of nitrogens with zero attached hydrogens (tertiary/aromatic N) is 2. The predicted molar refractivity (Wildman–Crippen MR) is 151 cm³/mol. The predicted octanol–water partition coefficient (Wildman–Crippen LogP) is 8.00. The molecule has 2 aliphatic rings. The van der Waals surface area contributed by atoms with E-state index in [1.165, 1.54) is 63.8 Å². The second kappa shape index (κ2) is 8.52. The minimum atomic E-state index is -0.472. The molecule has 0 aliphatic heterocycles. The molecule has 0 unspecified atom stereocenters. The fraction of sp³-hybridized carbons (Fsp3) is 0.200. The average molecular weight is 479 g/mol. The van der Waals surface area contributed by atoms with Crippen molar-refractivity contribution in [2.75, 3.05) is 0 Å². The van der Waals surface area contributed by atoms with Gasteiger partial charge in [0.25, 0.3) is 0 Å². The number of hydrogen-bond acceptors (Lipinski definition) is 2. The van der Waals surface area contributed by atoms with Crippen LogP contribution >= 0.6 is 0 Å². The van der Waals surface area contributed by atoms with Crippen LogP contribution in [-0.4, -0.2) is 9.97 Å². The van der Waals surface area contributed by atoms with E-state index >= 15 is 0 Å². The summed E-state index contributed by atoms with van der Waals surface area (Å²) >= 11 is 0. The molecule has 2 heteroatoms. The van der Waals surface area contributed by atoms with Gasteiger partial charge in [0.05, 0.1) is 16.8 Å². The first-order chi connectivity index (χ1) is 18.2. The van der Waals surface area contributed by atoms with E-state index in [2.05, 4.69) is 105 Å². The molecule has 2 aliphatic carbocycles. The number of aryl methyl sites for hydroxylation is 2. The van der Waals surface area contributed by atoms with Crippen molar-refractivity contribution in [2.24, 2.45) is 0 Å². The standard InChI is InChI=1S/C35H30N2/c1-23-19-31-33(36-21-23)34-32(35(31,26-11-5-3-6-12-26)27-13-7-4-8-14-27)20-25(22-37-34)29-18-17-24(2)28-15-9-10-16-30(28)29/h3-8,11-14,17-22H,9-10,15-16H2,1-2H3. The van der Waals surface area contributed by atoms with E-state index in [-0.39, 0.29) is 0 Å². The molecule has 2 aromatic heterocycles. The molecule has 0 radical (unpaired) electrons. The summed E-state index contributed by atoms with van der Waals surface area (Å²) in [5.74, 6) is 0. The molecule has 0 saturated carbocycles. The van der Waals surface area contributed by atoms with Gasteiger partial charge in [-0.05, 0) is 90.1 Å². The fourth-order valence-electron chi connectivity index (χ4n) is 6.76. The average Bonchev–Trinajstić information content (AvgIpc) is 3.24. The van der Waals surface area contributed by atoms with Crippen LogP contribution in [0.2, 0.25) is 0 Å². The number of benzene rings is 3. The SMILES string of the molecule is Cc1cnc2c(c1)C(c1ccccc1)(c1ccccc1)c1cc(-c3ccc(C)c4c3CCCC4)cnc1-2. The van der Waals surface area contributed by atoms with Crippen LogP contribution in [0.5, 0.6) is 0 Å². The van der Waals surface area contributed by atoms with Gasteiger partial charge in [-0.15, -0.1) is 0 Å². The van der Waals surface area contributed by atoms with E-state index in [4.69, 9.17) is 9.97 Å². The Bertz CT molecular complexity index is 1590. The molecule has 2 heterocycles. The van der Waals surface area contributed by atoms with Gasteiger partial charge in [0.1, 0.15) is 0 Å². The third-order valence-electron chi connectivity index (χ3n) is 8.44. The lowest BCUT2D eigenvalue weighted by molar-refractivity contribution is 0.683. The summed E-state index contributed by atoms with van der Waals surface area (Å²) < 4.78 is 0. The maximum absolute atomic E-state index is 5.16. The van der Waals surface area contributed by atoms with Crippen LogP contribution in [0.3, 0.4) is 0 Å². The molecule has 2 nitrogen and oxygen atoms in total. The van der Waals surface area contributed by atoms with Crippen molar-refractivity contribution in [3.8, 4) is 22.5 Å². The Balaban J connectivity index is 1.57. The molecule has 0 amide bonds. The monoisotopic (exact) mass is 478 g/mol. The lowest BCUT2D eigenvalue weighted by Crippen LogP contribution is -2.28. The van der Waals surface area contributed by atoms with Crippen LogP contribution < -0.4 is 0 Å². The molecular formula is C35H30N2. The maximum Gasteiger partial charge on any atom is 0.0937 e. The van der Waals surface area contributed by atoms with E-state index < -0.39 is 5.41 Å². The van der Waals surface area contributed by atoms with Gasteiger partial charge in [-0.3, -0.25) is 9.97 Å². The molecule has 5 aromatic rings.